The highest BCUT2D eigenvalue weighted by Gasteiger charge is 2.35. The lowest BCUT2D eigenvalue weighted by molar-refractivity contribution is 0.350. The van der Waals surface area contributed by atoms with E-state index in [1.807, 2.05) is 24.3 Å². The number of aromatic nitrogens is 2. The number of hydrogen-bond donors (Lipinski definition) is 1. The smallest absolute Gasteiger partial charge is 0.186 e. The largest absolute Gasteiger partial charge is 0.379 e. The molecule has 20 heavy (non-hydrogen) atoms. The van der Waals surface area contributed by atoms with E-state index in [1.165, 1.54) is 12.8 Å². The van der Waals surface area contributed by atoms with E-state index < -0.39 is 0 Å². The van der Waals surface area contributed by atoms with Crippen LogP contribution in [0.3, 0.4) is 0 Å². The molecule has 1 unspecified atom stereocenters. The van der Waals surface area contributed by atoms with Crippen LogP contribution < -0.4 is 5.32 Å². The van der Waals surface area contributed by atoms with Gasteiger partial charge in [0.25, 0.3) is 0 Å². The maximum Gasteiger partial charge on any atom is 0.186 e. The van der Waals surface area contributed by atoms with Gasteiger partial charge in [-0.2, -0.15) is 5.26 Å². The molecule has 1 fully saturated rings. The first kappa shape index (κ1) is 12.9. The van der Waals surface area contributed by atoms with Crippen molar-refractivity contribution in [2.24, 2.45) is 5.41 Å². The molecule has 1 aliphatic rings. The van der Waals surface area contributed by atoms with Crippen LogP contribution in [0.4, 0.5) is 5.69 Å². The molecule has 1 aliphatic carbocycles. The van der Waals surface area contributed by atoms with Gasteiger partial charge in [0, 0.05) is 11.4 Å². The van der Waals surface area contributed by atoms with E-state index in [0.717, 1.165) is 23.0 Å². The summed E-state index contributed by atoms with van der Waals surface area (Å²) in [6.07, 6.45) is 3.57. The normalized spacial score (nSPS) is 20.8. The Morgan fingerprint density at radius 3 is 2.80 bits per heavy atom. The van der Waals surface area contributed by atoms with Crippen LogP contribution in [-0.4, -0.2) is 16.2 Å². The third-order valence-corrected chi connectivity index (χ3v) is 4.35. The fraction of sp³-hybridized carbons (Fsp3) is 0.438. The van der Waals surface area contributed by atoms with Gasteiger partial charge in [0.05, 0.1) is 11.2 Å². The Kier molecular flexibility index (Phi) is 3.06. The van der Waals surface area contributed by atoms with Gasteiger partial charge in [0.1, 0.15) is 6.07 Å². The molecule has 0 spiro atoms. The number of nitrogens with one attached hydrogen (secondary N) is 1. The van der Waals surface area contributed by atoms with E-state index in [2.05, 4.69) is 35.4 Å². The van der Waals surface area contributed by atoms with Crippen LogP contribution in [0.5, 0.6) is 0 Å². The highest BCUT2D eigenvalue weighted by molar-refractivity contribution is 5.92. The second-order valence-electron chi connectivity index (χ2n) is 6.13. The molecule has 0 saturated heterocycles. The summed E-state index contributed by atoms with van der Waals surface area (Å²) in [4.78, 5) is 0. The van der Waals surface area contributed by atoms with Gasteiger partial charge >= 0.3 is 0 Å². The Morgan fingerprint density at radius 2 is 2.10 bits per heavy atom. The summed E-state index contributed by atoms with van der Waals surface area (Å²) in [5, 5.41) is 22.0. The molecule has 1 saturated carbocycles. The van der Waals surface area contributed by atoms with Gasteiger partial charge in [-0.1, -0.05) is 38.5 Å². The highest BCUT2D eigenvalue weighted by atomic mass is 15.1. The van der Waals surface area contributed by atoms with E-state index in [4.69, 9.17) is 0 Å². The molecule has 0 radical (unpaired) electrons. The average molecular weight is 266 g/mol. The molecule has 2 aromatic rings. The van der Waals surface area contributed by atoms with E-state index in [1.54, 1.807) is 0 Å². The fourth-order valence-electron chi connectivity index (χ4n) is 3.05. The van der Waals surface area contributed by atoms with Gasteiger partial charge in [-0.15, -0.1) is 10.2 Å². The molecule has 1 aromatic heterocycles. The SMILES string of the molecule is CC1(C)CCCC1Nc1c(C#N)nnc2ccccc12. The van der Waals surface area contributed by atoms with E-state index in [9.17, 15) is 5.26 Å². The van der Waals surface area contributed by atoms with Crippen LogP contribution in [0.25, 0.3) is 10.9 Å². The molecule has 0 bridgehead atoms. The van der Waals surface area contributed by atoms with Crippen molar-refractivity contribution in [1.82, 2.24) is 10.2 Å². The van der Waals surface area contributed by atoms with Crippen molar-refractivity contribution >= 4 is 16.6 Å². The molecule has 0 amide bonds. The number of fused-ring (bicyclic) bond motifs is 1. The molecular weight excluding hydrogens is 248 g/mol. The Labute approximate surface area is 118 Å². The summed E-state index contributed by atoms with van der Waals surface area (Å²) < 4.78 is 0. The zero-order valence-electron chi connectivity index (χ0n) is 11.8. The topological polar surface area (TPSA) is 61.6 Å². The van der Waals surface area contributed by atoms with Gasteiger partial charge in [-0.3, -0.25) is 0 Å². The molecule has 0 aliphatic heterocycles. The summed E-state index contributed by atoms with van der Waals surface area (Å²) in [5.74, 6) is 0. The lowest BCUT2D eigenvalue weighted by Gasteiger charge is -2.29. The maximum atomic E-state index is 9.29. The van der Waals surface area contributed by atoms with Crippen molar-refractivity contribution in [2.45, 2.75) is 39.2 Å². The van der Waals surface area contributed by atoms with Crippen LogP contribution in [0.15, 0.2) is 24.3 Å². The zero-order chi connectivity index (χ0) is 14.2. The van der Waals surface area contributed by atoms with E-state index in [0.29, 0.717) is 11.7 Å². The third kappa shape index (κ3) is 2.09. The predicted molar refractivity (Wildman–Crippen MR) is 79.3 cm³/mol. The van der Waals surface area contributed by atoms with Gasteiger partial charge < -0.3 is 5.32 Å². The first-order valence-electron chi connectivity index (χ1n) is 7.04. The Balaban J connectivity index is 2.08. The van der Waals surface area contributed by atoms with Gasteiger partial charge in [-0.05, 0) is 24.3 Å². The summed E-state index contributed by atoms with van der Waals surface area (Å²) in [6, 6.07) is 10.4. The van der Waals surface area contributed by atoms with Crippen LogP contribution in [0.1, 0.15) is 38.8 Å². The molecule has 4 heteroatoms. The number of anilines is 1. The predicted octanol–water partition coefficient (Wildman–Crippen LogP) is 3.49. The van der Waals surface area contributed by atoms with Crippen molar-refractivity contribution in [2.75, 3.05) is 5.32 Å². The second kappa shape index (κ2) is 4.75. The quantitative estimate of drug-likeness (QED) is 0.903. The zero-order valence-corrected chi connectivity index (χ0v) is 11.8. The van der Waals surface area contributed by atoms with E-state index in [-0.39, 0.29) is 5.41 Å². The first-order valence-corrected chi connectivity index (χ1v) is 7.04. The molecule has 1 aromatic carbocycles. The van der Waals surface area contributed by atoms with Crippen molar-refractivity contribution < 1.29 is 0 Å². The number of benzene rings is 1. The van der Waals surface area contributed by atoms with Gasteiger partial charge in [0.15, 0.2) is 5.69 Å². The minimum Gasteiger partial charge on any atom is -0.379 e. The summed E-state index contributed by atoms with van der Waals surface area (Å²) in [7, 11) is 0. The number of hydrogen-bond acceptors (Lipinski definition) is 4. The minimum absolute atomic E-state index is 0.247. The van der Waals surface area contributed by atoms with Crippen LogP contribution in [-0.2, 0) is 0 Å². The molecule has 4 nitrogen and oxygen atoms in total. The van der Waals surface area contributed by atoms with Crippen molar-refractivity contribution in [3.63, 3.8) is 0 Å². The lowest BCUT2D eigenvalue weighted by atomic mass is 9.87. The first-order chi connectivity index (χ1) is 9.62. The molecule has 1 heterocycles. The van der Waals surface area contributed by atoms with Crippen LogP contribution in [0.2, 0.25) is 0 Å². The highest BCUT2D eigenvalue weighted by Crippen LogP contribution is 2.40. The summed E-state index contributed by atoms with van der Waals surface area (Å²) in [5.41, 5.74) is 2.28. The number of nitrogens with zero attached hydrogens (tertiary/aromatic N) is 3. The molecule has 1 atom stereocenters. The van der Waals surface area contributed by atoms with Crippen molar-refractivity contribution in [1.29, 1.82) is 5.26 Å². The number of rotatable bonds is 2. The maximum absolute atomic E-state index is 9.29. The number of nitriles is 1. The summed E-state index contributed by atoms with van der Waals surface area (Å²) in [6.45, 7) is 4.56. The van der Waals surface area contributed by atoms with Crippen LogP contribution in [0, 0.1) is 16.7 Å². The monoisotopic (exact) mass is 266 g/mol. The fourth-order valence-corrected chi connectivity index (χ4v) is 3.05. The van der Waals surface area contributed by atoms with Gasteiger partial charge in [0.2, 0.25) is 0 Å². The molecule has 1 N–H and O–H groups in total. The average Bonchev–Trinajstić information content (AvgIpc) is 2.78. The van der Waals surface area contributed by atoms with Crippen molar-refractivity contribution in [3.05, 3.63) is 30.0 Å². The Morgan fingerprint density at radius 1 is 1.30 bits per heavy atom. The van der Waals surface area contributed by atoms with Gasteiger partial charge in [-0.25, -0.2) is 0 Å². The molecule has 102 valence electrons. The standard InChI is InChI=1S/C16H18N4/c1-16(2)9-5-8-14(16)18-15-11-6-3-4-7-12(11)19-20-13(15)10-17/h3-4,6-7,14H,5,8-9H2,1-2H3,(H,18,19). The second-order valence-corrected chi connectivity index (χ2v) is 6.13. The molecule has 3 rings (SSSR count). The summed E-state index contributed by atoms with van der Waals surface area (Å²) >= 11 is 0. The lowest BCUT2D eigenvalue weighted by Crippen LogP contribution is -2.31. The van der Waals surface area contributed by atoms with Crippen molar-refractivity contribution in [3.8, 4) is 6.07 Å². The Bertz CT molecular complexity index is 684. The van der Waals surface area contributed by atoms with E-state index >= 15 is 0 Å². The molecular formula is C16H18N4. The third-order valence-electron chi connectivity index (χ3n) is 4.35. The van der Waals surface area contributed by atoms with Crippen LogP contribution >= 0.6 is 0 Å². The minimum atomic E-state index is 0.247. The Hall–Kier alpha value is -2.15.